The molecule has 2 aromatic rings. The van der Waals surface area contributed by atoms with E-state index < -0.39 is 11.9 Å². The van der Waals surface area contributed by atoms with Crippen LogP contribution in [-0.4, -0.2) is 14.6 Å². The van der Waals surface area contributed by atoms with Crippen LogP contribution in [0.1, 0.15) is 5.69 Å². The molecule has 0 aromatic carbocycles. The lowest BCUT2D eigenvalue weighted by Gasteiger charge is -2.08. The van der Waals surface area contributed by atoms with Gasteiger partial charge in [0.2, 0.25) is 0 Å². The summed E-state index contributed by atoms with van der Waals surface area (Å²) >= 11 is 0. The summed E-state index contributed by atoms with van der Waals surface area (Å²) in [6.45, 7) is 0. The topological polar surface area (TPSA) is 56.2 Å². The maximum atomic E-state index is 12.4. The summed E-state index contributed by atoms with van der Waals surface area (Å²) in [5.41, 5.74) is 4.38. The quantitative estimate of drug-likeness (QED) is 0.701. The van der Waals surface area contributed by atoms with Crippen LogP contribution < -0.4 is 5.73 Å². The number of halogens is 3. The Morgan fingerprint density at radius 2 is 2.07 bits per heavy atom. The molecule has 0 amide bonds. The second kappa shape index (κ2) is 2.60. The minimum atomic E-state index is -4.48. The average molecular weight is 202 g/mol. The Morgan fingerprint density at radius 1 is 1.36 bits per heavy atom. The predicted molar refractivity (Wildman–Crippen MR) is 42.4 cm³/mol. The van der Waals surface area contributed by atoms with Crippen molar-refractivity contribution in [3.63, 3.8) is 0 Å². The van der Waals surface area contributed by atoms with Crippen molar-refractivity contribution in [3.8, 4) is 0 Å². The molecule has 14 heavy (non-hydrogen) atoms. The van der Waals surface area contributed by atoms with Crippen molar-refractivity contribution in [2.45, 2.75) is 6.18 Å². The molecule has 2 heterocycles. The largest absolute Gasteiger partial charge is 0.433 e. The summed E-state index contributed by atoms with van der Waals surface area (Å²) in [5.74, 6) is -0.176. The van der Waals surface area contributed by atoms with Crippen molar-refractivity contribution in [3.05, 3.63) is 24.0 Å². The van der Waals surface area contributed by atoms with Gasteiger partial charge >= 0.3 is 6.18 Å². The molecule has 2 aromatic heterocycles. The Morgan fingerprint density at radius 3 is 2.71 bits per heavy atom. The van der Waals surface area contributed by atoms with Gasteiger partial charge in [-0.05, 0) is 0 Å². The Labute approximate surface area is 76.2 Å². The third-order valence-electron chi connectivity index (χ3n) is 1.67. The smallest absolute Gasteiger partial charge is 0.384 e. The number of fused-ring (bicyclic) bond motifs is 1. The van der Waals surface area contributed by atoms with E-state index >= 15 is 0 Å². The molecule has 0 radical (unpaired) electrons. The van der Waals surface area contributed by atoms with Crippen LogP contribution in [0.15, 0.2) is 18.3 Å². The summed E-state index contributed by atoms with van der Waals surface area (Å²) in [4.78, 5) is 3.69. The molecule has 0 aliphatic carbocycles. The first-order chi connectivity index (χ1) is 6.48. The second-order valence-electron chi connectivity index (χ2n) is 2.67. The molecule has 74 valence electrons. The van der Waals surface area contributed by atoms with Gasteiger partial charge in [0.25, 0.3) is 0 Å². The Kier molecular flexibility index (Phi) is 1.63. The maximum Gasteiger partial charge on any atom is 0.433 e. The van der Waals surface area contributed by atoms with Crippen LogP contribution >= 0.6 is 0 Å². The van der Waals surface area contributed by atoms with Gasteiger partial charge in [-0.1, -0.05) is 0 Å². The number of alkyl halides is 3. The molecule has 0 bridgehead atoms. The summed E-state index contributed by atoms with van der Waals surface area (Å²) < 4.78 is 38.0. The van der Waals surface area contributed by atoms with Crippen LogP contribution in [0.2, 0.25) is 0 Å². The third kappa shape index (κ3) is 1.26. The average Bonchev–Trinajstić information content (AvgIpc) is 2.47. The van der Waals surface area contributed by atoms with Gasteiger partial charge in [-0.25, -0.2) is 9.50 Å². The molecule has 0 aliphatic rings. The summed E-state index contributed by atoms with van der Waals surface area (Å²) in [7, 11) is 0. The van der Waals surface area contributed by atoms with E-state index in [4.69, 9.17) is 5.73 Å². The van der Waals surface area contributed by atoms with Crippen LogP contribution in [-0.2, 0) is 6.18 Å². The third-order valence-corrected chi connectivity index (χ3v) is 1.67. The molecule has 0 saturated heterocycles. The first-order valence-corrected chi connectivity index (χ1v) is 3.66. The highest BCUT2D eigenvalue weighted by atomic mass is 19.4. The van der Waals surface area contributed by atoms with E-state index in [0.29, 0.717) is 4.52 Å². The van der Waals surface area contributed by atoms with E-state index in [-0.39, 0.29) is 11.5 Å². The molecule has 2 N–H and O–H groups in total. The number of hydrogen-bond acceptors (Lipinski definition) is 3. The van der Waals surface area contributed by atoms with E-state index in [0.717, 1.165) is 6.07 Å². The number of nitrogens with two attached hydrogens (primary N) is 1. The molecule has 0 aliphatic heterocycles. The van der Waals surface area contributed by atoms with Crippen molar-refractivity contribution in [2.75, 3.05) is 5.73 Å². The summed E-state index contributed by atoms with van der Waals surface area (Å²) in [6.07, 6.45) is -3.25. The number of nitrogens with zero attached hydrogens (tertiary/aromatic N) is 3. The van der Waals surface area contributed by atoms with Crippen molar-refractivity contribution >= 4 is 11.5 Å². The van der Waals surface area contributed by atoms with E-state index in [9.17, 15) is 13.2 Å². The Bertz CT molecular complexity index is 473. The van der Waals surface area contributed by atoms with E-state index in [2.05, 4.69) is 10.1 Å². The molecule has 0 spiro atoms. The SMILES string of the molecule is Nc1cc(C(F)(F)F)n2nccc2n1. The van der Waals surface area contributed by atoms with E-state index in [1.54, 1.807) is 0 Å². The zero-order chi connectivity index (χ0) is 10.3. The van der Waals surface area contributed by atoms with Gasteiger partial charge in [-0.15, -0.1) is 0 Å². The molecular weight excluding hydrogens is 197 g/mol. The lowest BCUT2D eigenvalue weighted by molar-refractivity contribution is -0.142. The monoisotopic (exact) mass is 202 g/mol. The first kappa shape index (κ1) is 8.79. The number of aromatic nitrogens is 3. The predicted octanol–water partition coefficient (Wildman–Crippen LogP) is 1.33. The minimum absolute atomic E-state index is 0.0809. The summed E-state index contributed by atoms with van der Waals surface area (Å²) in [6, 6.07) is 2.10. The van der Waals surface area contributed by atoms with Crippen LogP contribution in [0.25, 0.3) is 5.65 Å². The zero-order valence-corrected chi connectivity index (χ0v) is 6.78. The Balaban J connectivity index is 2.80. The fourth-order valence-electron chi connectivity index (χ4n) is 1.13. The van der Waals surface area contributed by atoms with Crippen molar-refractivity contribution in [1.82, 2.24) is 14.6 Å². The summed E-state index contributed by atoms with van der Waals surface area (Å²) in [5, 5.41) is 3.50. The van der Waals surface area contributed by atoms with E-state index in [1.807, 2.05) is 0 Å². The van der Waals surface area contributed by atoms with Crippen LogP contribution in [0, 0.1) is 0 Å². The van der Waals surface area contributed by atoms with Crippen molar-refractivity contribution < 1.29 is 13.2 Å². The number of hydrogen-bond donors (Lipinski definition) is 1. The molecule has 0 saturated carbocycles. The molecule has 7 heteroatoms. The van der Waals surface area contributed by atoms with Gasteiger partial charge in [-0.2, -0.15) is 18.3 Å². The molecular formula is C7H5F3N4. The lowest BCUT2D eigenvalue weighted by Crippen LogP contribution is -2.14. The van der Waals surface area contributed by atoms with Gasteiger partial charge in [0.05, 0.1) is 6.20 Å². The first-order valence-electron chi connectivity index (χ1n) is 3.66. The number of rotatable bonds is 0. The van der Waals surface area contributed by atoms with Crippen LogP contribution in [0.4, 0.5) is 19.0 Å². The molecule has 2 rings (SSSR count). The normalized spacial score (nSPS) is 12.2. The number of anilines is 1. The molecule has 0 fully saturated rings. The molecule has 4 nitrogen and oxygen atoms in total. The maximum absolute atomic E-state index is 12.4. The highest BCUT2D eigenvalue weighted by Crippen LogP contribution is 2.29. The van der Waals surface area contributed by atoms with Gasteiger partial charge in [0.15, 0.2) is 11.3 Å². The lowest BCUT2D eigenvalue weighted by atomic mass is 10.4. The number of nitrogen functional groups attached to an aromatic ring is 1. The highest BCUT2D eigenvalue weighted by Gasteiger charge is 2.34. The minimum Gasteiger partial charge on any atom is -0.384 e. The fourth-order valence-corrected chi connectivity index (χ4v) is 1.13. The molecule has 0 atom stereocenters. The Hall–Kier alpha value is -1.79. The zero-order valence-electron chi connectivity index (χ0n) is 6.78. The van der Waals surface area contributed by atoms with Crippen LogP contribution in [0.3, 0.4) is 0 Å². The van der Waals surface area contributed by atoms with Gasteiger partial charge in [0, 0.05) is 12.1 Å². The van der Waals surface area contributed by atoms with Crippen molar-refractivity contribution in [2.24, 2.45) is 0 Å². The molecule has 0 unspecified atom stereocenters. The van der Waals surface area contributed by atoms with Crippen LogP contribution in [0.5, 0.6) is 0 Å². The van der Waals surface area contributed by atoms with Gasteiger partial charge < -0.3 is 5.73 Å². The van der Waals surface area contributed by atoms with Crippen molar-refractivity contribution in [1.29, 1.82) is 0 Å². The highest BCUT2D eigenvalue weighted by molar-refractivity contribution is 5.46. The van der Waals surface area contributed by atoms with Gasteiger partial charge in [0.1, 0.15) is 5.82 Å². The van der Waals surface area contributed by atoms with E-state index in [1.165, 1.54) is 12.3 Å². The van der Waals surface area contributed by atoms with Gasteiger partial charge in [-0.3, -0.25) is 0 Å². The standard InChI is InChI=1S/C7H5F3N4/c8-7(9,10)4-3-5(11)13-6-1-2-12-14(4)6/h1-3H,(H2,11,13). The second-order valence-corrected chi connectivity index (χ2v) is 2.67. The fraction of sp³-hybridized carbons (Fsp3) is 0.143.